The number of aliphatic hydroxyl groups is 1. The van der Waals surface area contributed by atoms with Gasteiger partial charge < -0.3 is 33.9 Å². The smallest absolute Gasteiger partial charge is 0.356 e. The van der Waals surface area contributed by atoms with Crippen LogP contribution in [0.2, 0.25) is 0 Å². The molecule has 0 aliphatic rings. The molecule has 0 aliphatic carbocycles. The standard InChI is InChI=1S/C15H14FNO4.C8H9NO4.C7H7FO/c1-19-13-7-12(15(18)20-2)17-8-14(13)21-9-10-3-5-11(16)6-4-10;1-12-7-3-5(8(11)13-2)9-4-6(7)10;8-7-3-1-6(5-9)2-4-7/h3-8H,9H2,1-2H3;3-4,10H,1-2H3;1-4,9H,5H2. The second-order valence-corrected chi connectivity index (χ2v) is 8.14. The van der Waals surface area contributed by atoms with Crippen LogP contribution in [0.1, 0.15) is 32.1 Å². The highest BCUT2D eigenvalue weighted by atomic mass is 19.1. The molecule has 0 spiro atoms. The van der Waals surface area contributed by atoms with Crippen molar-refractivity contribution in [1.82, 2.24) is 9.97 Å². The van der Waals surface area contributed by atoms with Gasteiger partial charge in [-0.2, -0.15) is 0 Å². The lowest BCUT2D eigenvalue weighted by Crippen LogP contribution is -2.06. The molecule has 0 saturated carbocycles. The number of benzene rings is 2. The van der Waals surface area contributed by atoms with Crippen molar-refractivity contribution in [1.29, 1.82) is 0 Å². The van der Waals surface area contributed by atoms with Crippen LogP contribution in [0.3, 0.4) is 0 Å². The Hall–Kier alpha value is -5.30. The fourth-order valence-electron chi connectivity index (χ4n) is 3.05. The van der Waals surface area contributed by atoms with Gasteiger partial charge in [0.15, 0.2) is 34.4 Å². The zero-order chi connectivity index (χ0) is 31.8. The number of aromatic nitrogens is 2. The van der Waals surface area contributed by atoms with Crippen LogP contribution in [0.4, 0.5) is 8.78 Å². The summed E-state index contributed by atoms with van der Waals surface area (Å²) in [5.41, 5.74) is 1.76. The Morgan fingerprint density at radius 2 is 1.16 bits per heavy atom. The van der Waals surface area contributed by atoms with E-state index in [1.165, 1.54) is 71.0 Å². The maximum Gasteiger partial charge on any atom is 0.356 e. The molecular formula is C30H30F2N2O9. The summed E-state index contributed by atoms with van der Waals surface area (Å²) in [7, 11) is 5.37. The van der Waals surface area contributed by atoms with Gasteiger partial charge >= 0.3 is 11.9 Å². The van der Waals surface area contributed by atoms with Crippen molar-refractivity contribution >= 4 is 11.9 Å². The minimum atomic E-state index is -0.571. The second-order valence-electron chi connectivity index (χ2n) is 8.14. The molecule has 228 valence electrons. The first-order valence-electron chi connectivity index (χ1n) is 12.3. The molecule has 2 N–H and O–H groups in total. The normalized spacial score (nSPS) is 9.74. The van der Waals surface area contributed by atoms with Crippen molar-refractivity contribution in [2.45, 2.75) is 13.2 Å². The number of nitrogens with zero attached hydrogens (tertiary/aromatic N) is 2. The van der Waals surface area contributed by atoms with Gasteiger partial charge in [-0.15, -0.1) is 0 Å². The highest BCUT2D eigenvalue weighted by Crippen LogP contribution is 2.27. The molecule has 0 atom stereocenters. The van der Waals surface area contributed by atoms with Crippen LogP contribution in [0.25, 0.3) is 0 Å². The van der Waals surface area contributed by atoms with E-state index in [2.05, 4.69) is 19.4 Å². The first-order valence-corrected chi connectivity index (χ1v) is 12.3. The molecule has 2 aromatic carbocycles. The Morgan fingerprint density at radius 3 is 1.63 bits per heavy atom. The summed E-state index contributed by atoms with van der Waals surface area (Å²) in [6.45, 7) is 0.205. The van der Waals surface area contributed by atoms with Crippen LogP contribution in [0.5, 0.6) is 23.0 Å². The van der Waals surface area contributed by atoms with Crippen molar-refractivity contribution in [2.24, 2.45) is 0 Å². The number of ether oxygens (including phenoxy) is 5. The van der Waals surface area contributed by atoms with Crippen molar-refractivity contribution in [3.63, 3.8) is 0 Å². The molecule has 0 saturated heterocycles. The molecule has 2 heterocycles. The van der Waals surface area contributed by atoms with E-state index < -0.39 is 11.9 Å². The lowest BCUT2D eigenvalue weighted by atomic mass is 10.2. The zero-order valence-corrected chi connectivity index (χ0v) is 23.7. The summed E-state index contributed by atoms with van der Waals surface area (Å²) in [6.07, 6.45) is 2.51. The summed E-state index contributed by atoms with van der Waals surface area (Å²) in [5, 5.41) is 17.7. The third-order valence-electron chi connectivity index (χ3n) is 5.31. The molecule has 0 radical (unpaired) electrons. The maximum absolute atomic E-state index is 12.8. The van der Waals surface area contributed by atoms with E-state index in [0.29, 0.717) is 11.5 Å². The molecule has 0 bridgehead atoms. The number of halogens is 2. The Morgan fingerprint density at radius 1 is 0.698 bits per heavy atom. The predicted molar refractivity (Wildman–Crippen MR) is 149 cm³/mol. The van der Waals surface area contributed by atoms with Gasteiger partial charge in [0.25, 0.3) is 0 Å². The third-order valence-corrected chi connectivity index (χ3v) is 5.31. The van der Waals surface area contributed by atoms with Crippen molar-refractivity contribution in [3.05, 3.63) is 107 Å². The van der Waals surface area contributed by atoms with E-state index in [-0.39, 0.29) is 47.7 Å². The number of carbonyl (C=O) groups excluding carboxylic acids is 2. The molecule has 11 nitrogen and oxygen atoms in total. The van der Waals surface area contributed by atoms with E-state index in [1.54, 1.807) is 24.3 Å². The van der Waals surface area contributed by atoms with Gasteiger partial charge in [0.2, 0.25) is 0 Å². The number of rotatable bonds is 8. The SMILES string of the molecule is COC(=O)c1cc(OC)c(O)cn1.COC(=O)c1cc(OC)c(OCc2ccc(F)cc2)cn1.OCc1ccc(F)cc1. The molecule has 0 aliphatic heterocycles. The molecule has 4 rings (SSSR count). The van der Waals surface area contributed by atoms with Crippen LogP contribution in [0.15, 0.2) is 73.1 Å². The van der Waals surface area contributed by atoms with Crippen LogP contribution in [-0.2, 0) is 22.7 Å². The lowest BCUT2D eigenvalue weighted by Gasteiger charge is -2.11. The van der Waals surface area contributed by atoms with Crippen molar-refractivity contribution in [3.8, 4) is 23.0 Å². The van der Waals surface area contributed by atoms with Gasteiger partial charge in [0.05, 0.1) is 47.4 Å². The number of esters is 2. The Labute approximate surface area is 246 Å². The third kappa shape index (κ3) is 10.9. The summed E-state index contributed by atoms with van der Waals surface area (Å²) in [5.74, 6) is -0.878. The minimum absolute atomic E-state index is 0.0275. The van der Waals surface area contributed by atoms with Gasteiger partial charge in [-0.25, -0.2) is 28.3 Å². The fourth-order valence-corrected chi connectivity index (χ4v) is 3.05. The summed E-state index contributed by atoms with van der Waals surface area (Å²) in [4.78, 5) is 30.0. The number of aromatic hydroxyl groups is 1. The average molecular weight is 601 g/mol. The maximum atomic E-state index is 12.8. The number of hydrogen-bond donors (Lipinski definition) is 2. The lowest BCUT2D eigenvalue weighted by molar-refractivity contribution is 0.0584. The number of aliphatic hydroxyl groups excluding tert-OH is 1. The summed E-state index contributed by atoms with van der Waals surface area (Å²) >= 11 is 0. The van der Waals surface area contributed by atoms with Gasteiger partial charge in [0.1, 0.15) is 18.2 Å². The van der Waals surface area contributed by atoms with Crippen LogP contribution in [-0.4, -0.2) is 60.6 Å². The molecule has 0 amide bonds. The molecule has 4 aromatic rings. The van der Waals surface area contributed by atoms with E-state index >= 15 is 0 Å². The number of methoxy groups -OCH3 is 4. The van der Waals surface area contributed by atoms with Crippen molar-refractivity contribution in [2.75, 3.05) is 28.4 Å². The highest BCUT2D eigenvalue weighted by molar-refractivity contribution is 5.88. The van der Waals surface area contributed by atoms with E-state index in [1.807, 2.05) is 0 Å². The van der Waals surface area contributed by atoms with Gasteiger partial charge in [-0.05, 0) is 35.4 Å². The second kappa shape index (κ2) is 17.5. The molecule has 0 fully saturated rings. The highest BCUT2D eigenvalue weighted by Gasteiger charge is 2.13. The topological polar surface area (TPSA) is 147 Å². The number of pyridine rings is 2. The van der Waals surface area contributed by atoms with E-state index in [0.717, 1.165) is 17.3 Å². The fraction of sp³-hybridized carbons (Fsp3) is 0.200. The summed E-state index contributed by atoms with van der Waals surface area (Å²) < 4.78 is 49.5. The molecular weight excluding hydrogens is 570 g/mol. The Balaban J connectivity index is 0.000000249. The number of carbonyl (C=O) groups is 2. The van der Waals surface area contributed by atoms with E-state index in [9.17, 15) is 18.4 Å². The monoisotopic (exact) mass is 600 g/mol. The average Bonchev–Trinajstić information content (AvgIpc) is 3.04. The minimum Gasteiger partial charge on any atom is -0.503 e. The largest absolute Gasteiger partial charge is 0.503 e. The summed E-state index contributed by atoms with van der Waals surface area (Å²) in [6, 6.07) is 14.5. The van der Waals surface area contributed by atoms with Crippen LogP contribution >= 0.6 is 0 Å². The van der Waals surface area contributed by atoms with E-state index in [4.69, 9.17) is 24.4 Å². The van der Waals surface area contributed by atoms with Crippen LogP contribution < -0.4 is 14.2 Å². The van der Waals surface area contributed by atoms with Crippen molar-refractivity contribution < 1.29 is 52.3 Å². The Kier molecular flexibility index (Phi) is 13.8. The molecule has 2 aromatic heterocycles. The molecule has 43 heavy (non-hydrogen) atoms. The Bertz CT molecular complexity index is 1470. The molecule has 13 heteroatoms. The van der Waals surface area contributed by atoms with Gasteiger partial charge in [-0.1, -0.05) is 24.3 Å². The quantitative estimate of drug-likeness (QED) is 0.276. The molecule has 0 unspecified atom stereocenters. The van der Waals surface area contributed by atoms with Crippen LogP contribution in [0, 0.1) is 11.6 Å². The first-order chi connectivity index (χ1) is 20.6. The van der Waals surface area contributed by atoms with Gasteiger partial charge in [0, 0.05) is 12.1 Å². The predicted octanol–water partition coefficient (Wildman–Crippen LogP) is 4.50. The first kappa shape index (κ1) is 33.9. The number of hydrogen-bond acceptors (Lipinski definition) is 11. The zero-order valence-electron chi connectivity index (χ0n) is 23.7. The van der Waals surface area contributed by atoms with Gasteiger partial charge in [-0.3, -0.25) is 0 Å².